The molecule has 0 radical (unpaired) electrons. The van der Waals surface area contributed by atoms with Crippen LogP contribution in [0.1, 0.15) is 37.8 Å². The molecule has 1 N–H and O–H groups in total. The number of carbonyl (C=O) groups is 1. The van der Waals surface area contributed by atoms with Gasteiger partial charge < -0.3 is 10.1 Å². The zero-order valence-corrected chi connectivity index (χ0v) is 19.8. The second-order valence-corrected chi connectivity index (χ2v) is 9.20. The van der Waals surface area contributed by atoms with E-state index in [-0.39, 0.29) is 28.6 Å². The van der Waals surface area contributed by atoms with Gasteiger partial charge in [0.2, 0.25) is 0 Å². The third-order valence-corrected chi connectivity index (χ3v) is 5.79. The van der Waals surface area contributed by atoms with E-state index in [9.17, 15) is 9.18 Å². The number of carbonyl (C=O) groups excluding carboxylic acids is 1. The van der Waals surface area contributed by atoms with E-state index in [2.05, 4.69) is 17.4 Å². The molecule has 0 fully saturated rings. The van der Waals surface area contributed by atoms with Gasteiger partial charge >= 0.3 is 0 Å². The molecule has 0 bridgehead atoms. The summed E-state index contributed by atoms with van der Waals surface area (Å²) >= 11 is 11.9. The highest BCUT2D eigenvalue weighted by Crippen LogP contribution is 2.27. The Bertz CT molecular complexity index is 1030. The van der Waals surface area contributed by atoms with E-state index >= 15 is 0 Å². The highest BCUT2D eigenvalue weighted by atomic mass is 35.5. The minimum Gasteiger partial charge on any atom is -0.478 e. The maximum absolute atomic E-state index is 13.7. The van der Waals surface area contributed by atoms with E-state index in [1.54, 1.807) is 13.8 Å². The molecule has 32 heavy (non-hydrogen) atoms. The van der Waals surface area contributed by atoms with Crippen molar-refractivity contribution in [2.75, 3.05) is 0 Å². The summed E-state index contributed by atoms with van der Waals surface area (Å²) in [7, 11) is 0. The molecule has 0 aromatic heterocycles. The average Bonchev–Trinajstić information content (AvgIpc) is 2.72. The van der Waals surface area contributed by atoms with Crippen molar-refractivity contribution in [2.24, 2.45) is 0 Å². The summed E-state index contributed by atoms with van der Waals surface area (Å²) in [5.41, 5.74) is 1.01. The van der Waals surface area contributed by atoms with Gasteiger partial charge in [0.1, 0.15) is 11.6 Å². The van der Waals surface area contributed by atoms with Gasteiger partial charge in [-0.1, -0.05) is 65.7 Å². The summed E-state index contributed by atoms with van der Waals surface area (Å²) in [5.74, 6) is -0.601. The van der Waals surface area contributed by atoms with Gasteiger partial charge in [0, 0.05) is 28.1 Å². The summed E-state index contributed by atoms with van der Waals surface area (Å²) in [4.78, 5) is 13.1. The molecule has 0 spiro atoms. The first-order valence-electron chi connectivity index (χ1n) is 10.4. The van der Waals surface area contributed by atoms with Gasteiger partial charge in [-0.25, -0.2) is 4.39 Å². The van der Waals surface area contributed by atoms with Crippen LogP contribution in [0.4, 0.5) is 4.39 Å². The van der Waals surface area contributed by atoms with Crippen LogP contribution in [0, 0.1) is 5.82 Å². The van der Waals surface area contributed by atoms with Crippen LogP contribution in [0.5, 0.6) is 5.75 Å². The van der Waals surface area contributed by atoms with Crippen LogP contribution >= 0.6 is 23.2 Å². The molecule has 3 rings (SSSR count). The largest absolute Gasteiger partial charge is 0.478 e. The van der Waals surface area contributed by atoms with Crippen molar-refractivity contribution in [3.8, 4) is 5.75 Å². The molecule has 1 amide bonds. The van der Waals surface area contributed by atoms with Gasteiger partial charge in [-0.3, -0.25) is 4.79 Å². The number of halogens is 3. The molecule has 168 valence electrons. The predicted molar refractivity (Wildman–Crippen MR) is 128 cm³/mol. The zero-order chi connectivity index (χ0) is 23.3. The van der Waals surface area contributed by atoms with Gasteiger partial charge in [0.25, 0.3) is 5.91 Å². The van der Waals surface area contributed by atoms with Crippen molar-refractivity contribution in [1.29, 1.82) is 0 Å². The Kier molecular flexibility index (Phi) is 7.81. The van der Waals surface area contributed by atoms with E-state index in [1.807, 2.05) is 49.4 Å². The third kappa shape index (κ3) is 6.47. The lowest BCUT2D eigenvalue weighted by atomic mass is 9.86. The van der Waals surface area contributed by atoms with E-state index in [1.165, 1.54) is 18.2 Å². The quantitative estimate of drug-likeness (QED) is 0.389. The molecule has 0 saturated carbocycles. The minimum absolute atomic E-state index is 0.0285. The van der Waals surface area contributed by atoms with E-state index in [0.717, 1.165) is 17.5 Å². The first-order valence-corrected chi connectivity index (χ1v) is 11.1. The normalized spacial score (nSPS) is 13.3. The fourth-order valence-electron chi connectivity index (χ4n) is 3.57. The van der Waals surface area contributed by atoms with Gasteiger partial charge in [0.15, 0.2) is 5.60 Å². The molecule has 3 nitrogen and oxygen atoms in total. The molecular formula is C26H26Cl2FNO2. The number of hydrogen-bond acceptors (Lipinski definition) is 2. The summed E-state index contributed by atoms with van der Waals surface area (Å²) in [5, 5.41) is 3.97. The van der Waals surface area contributed by atoms with Crippen LogP contribution < -0.4 is 10.1 Å². The van der Waals surface area contributed by atoms with Gasteiger partial charge in [-0.15, -0.1) is 0 Å². The second-order valence-electron chi connectivity index (χ2n) is 8.33. The fourth-order valence-corrected chi connectivity index (χ4v) is 3.91. The fraction of sp³-hybridized carbons (Fsp3) is 0.269. The number of nitrogens with one attached hydrogen (secondary N) is 1. The number of amides is 1. The Hall–Kier alpha value is -2.56. The van der Waals surface area contributed by atoms with Gasteiger partial charge in [0.05, 0.1) is 0 Å². The van der Waals surface area contributed by atoms with Gasteiger partial charge in [-0.05, 0) is 62.6 Å². The van der Waals surface area contributed by atoms with Gasteiger partial charge in [-0.2, -0.15) is 0 Å². The summed E-state index contributed by atoms with van der Waals surface area (Å²) < 4.78 is 19.5. The van der Waals surface area contributed by atoms with Crippen LogP contribution in [-0.4, -0.2) is 17.6 Å². The SMILES string of the molecule is C[C@H](NC(=O)C(C)(C)Oc1cc(F)cc(Cl)c1)C(Cc1ccc(Cl)cc1)c1ccccc1. The Labute approximate surface area is 198 Å². The maximum atomic E-state index is 13.7. The van der Waals surface area contributed by atoms with Crippen molar-refractivity contribution in [3.05, 3.63) is 99.8 Å². The Morgan fingerprint density at radius 3 is 2.28 bits per heavy atom. The lowest BCUT2D eigenvalue weighted by molar-refractivity contribution is -0.135. The highest BCUT2D eigenvalue weighted by molar-refractivity contribution is 6.30. The standard InChI is InChI=1S/C26H26Cl2FNO2/c1-17(30-25(31)26(2,3)32-23-15-21(28)14-22(29)16-23)24(19-7-5-4-6-8-19)13-18-9-11-20(27)12-10-18/h4-12,14-17,24H,13H2,1-3H3,(H,30,31)/t17-,24?/m0/s1. The molecule has 6 heteroatoms. The minimum atomic E-state index is -1.23. The topological polar surface area (TPSA) is 38.3 Å². The summed E-state index contributed by atoms with van der Waals surface area (Å²) in [6, 6.07) is 21.4. The molecule has 3 aromatic carbocycles. The van der Waals surface area contributed by atoms with Crippen LogP contribution in [0.15, 0.2) is 72.8 Å². The van der Waals surface area contributed by atoms with E-state index in [4.69, 9.17) is 27.9 Å². The zero-order valence-electron chi connectivity index (χ0n) is 18.2. The van der Waals surface area contributed by atoms with Crippen molar-refractivity contribution in [1.82, 2.24) is 5.32 Å². The molecule has 0 aliphatic rings. The Morgan fingerprint density at radius 2 is 1.66 bits per heavy atom. The van der Waals surface area contributed by atoms with Crippen molar-refractivity contribution >= 4 is 29.1 Å². The smallest absolute Gasteiger partial charge is 0.263 e. The molecule has 1 unspecified atom stereocenters. The highest BCUT2D eigenvalue weighted by Gasteiger charge is 2.33. The van der Waals surface area contributed by atoms with Crippen LogP contribution in [-0.2, 0) is 11.2 Å². The van der Waals surface area contributed by atoms with Crippen molar-refractivity contribution in [3.63, 3.8) is 0 Å². The molecule has 0 heterocycles. The maximum Gasteiger partial charge on any atom is 0.263 e. The van der Waals surface area contributed by atoms with Crippen LogP contribution in [0.3, 0.4) is 0 Å². The monoisotopic (exact) mass is 473 g/mol. The van der Waals surface area contributed by atoms with Crippen molar-refractivity contribution in [2.45, 2.75) is 44.8 Å². The van der Waals surface area contributed by atoms with Crippen LogP contribution in [0.25, 0.3) is 0 Å². The molecule has 0 aliphatic carbocycles. The summed E-state index contributed by atoms with van der Waals surface area (Å²) in [6.45, 7) is 5.26. The first-order chi connectivity index (χ1) is 15.1. The molecule has 3 aromatic rings. The van der Waals surface area contributed by atoms with Crippen molar-refractivity contribution < 1.29 is 13.9 Å². The lowest BCUT2D eigenvalue weighted by Crippen LogP contribution is -2.51. The third-order valence-electron chi connectivity index (χ3n) is 5.31. The number of hydrogen-bond donors (Lipinski definition) is 1. The lowest BCUT2D eigenvalue weighted by Gasteiger charge is -2.31. The van der Waals surface area contributed by atoms with E-state index in [0.29, 0.717) is 5.02 Å². The number of ether oxygens (including phenoxy) is 1. The summed E-state index contributed by atoms with van der Waals surface area (Å²) in [6.07, 6.45) is 0.726. The number of rotatable bonds is 8. The number of benzene rings is 3. The molecule has 0 aliphatic heterocycles. The second kappa shape index (κ2) is 10.4. The average molecular weight is 474 g/mol. The predicted octanol–water partition coefficient (Wildman–Crippen LogP) is 6.82. The van der Waals surface area contributed by atoms with Crippen LogP contribution in [0.2, 0.25) is 10.0 Å². The van der Waals surface area contributed by atoms with E-state index < -0.39 is 11.4 Å². The first kappa shape index (κ1) is 24.1. The Balaban J connectivity index is 1.77. The molecule has 2 atom stereocenters. The molecule has 0 saturated heterocycles. The molecular weight excluding hydrogens is 448 g/mol. The Morgan fingerprint density at radius 1 is 1.00 bits per heavy atom.